The molecule has 0 aromatic heterocycles. The normalized spacial score (nSPS) is 10.8. The van der Waals surface area contributed by atoms with Crippen LogP contribution in [-0.4, -0.2) is 0 Å². The molecule has 4 aromatic rings. The van der Waals surface area contributed by atoms with Crippen LogP contribution in [0.15, 0.2) is 84.9 Å². The van der Waals surface area contributed by atoms with Gasteiger partial charge in [0.2, 0.25) is 0 Å². The van der Waals surface area contributed by atoms with Crippen molar-refractivity contribution in [3.63, 3.8) is 0 Å². The van der Waals surface area contributed by atoms with Gasteiger partial charge in [-0.2, -0.15) is 0 Å². The topological polar surface area (TPSA) is 21.3 Å². The summed E-state index contributed by atoms with van der Waals surface area (Å²) in [5, 5.41) is 7.32. The maximum Gasteiger partial charge on any atom is 0.124 e. The maximum absolute atomic E-state index is 6.23. The fourth-order valence-corrected chi connectivity index (χ4v) is 3.46. The van der Waals surface area contributed by atoms with Crippen LogP contribution in [0.1, 0.15) is 11.1 Å². The maximum atomic E-state index is 6.23. The molecule has 0 amide bonds. The summed E-state index contributed by atoms with van der Waals surface area (Å²) in [6.07, 6.45) is 0. The lowest BCUT2D eigenvalue weighted by molar-refractivity contribution is 0.303. The summed E-state index contributed by atoms with van der Waals surface area (Å²) in [4.78, 5) is 0. The van der Waals surface area contributed by atoms with E-state index in [0.29, 0.717) is 18.2 Å². The average Bonchev–Trinajstić information content (AvgIpc) is 2.72. The van der Waals surface area contributed by atoms with Crippen LogP contribution in [0, 0.1) is 0 Å². The molecule has 0 aliphatic rings. The van der Waals surface area contributed by atoms with Crippen molar-refractivity contribution in [2.75, 3.05) is 5.32 Å². The Morgan fingerprint density at radius 3 is 2.36 bits per heavy atom. The molecule has 0 saturated heterocycles. The number of anilines is 1. The minimum absolute atomic E-state index is 0.472. The van der Waals surface area contributed by atoms with Crippen LogP contribution in [0.5, 0.6) is 5.75 Å². The van der Waals surface area contributed by atoms with Gasteiger partial charge in [0.05, 0.1) is 0 Å². The minimum Gasteiger partial charge on any atom is -0.489 e. The first-order valence-corrected chi connectivity index (χ1v) is 9.82. The van der Waals surface area contributed by atoms with E-state index in [9.17, 15) is 0 Å². The number of rotatable bonds is 6. The highest BCUT2D eigenvalue weighted by Gasteiger charge is 2.07. The van der Waals surface area contributed by atoms with E-state index in [1.54, 1.807) is 0 Å². The van der Waals surface area contributed by atoms with E-state index in [4.69, 9.17) is 27.9 Å². The van der Waals surface area contributed by atoms with Gasteiger partial charge in [-0.3, -0.25) is 0 Å². The van der Waals surface area contributed by atoms with Gasteiger partial charge >= 0.3 is 0 Å². The van der Waals surface area contributed by atoms with Gasteiger partial charge in [-0.15, -0.1) is 0 Å². The van der Waals surface area contributed by atoms with E-state index < -0.39 is 0 Å². The second-order valence-corrected chi connectivity index (χ2v) is 7.42. The van der Waals surface area contributed by atoms with Crippen molar-refractivity contribution in [3.05, 3.63) is 106 Å². The molecule has 2 nitrogen and oxygen atoms in total. The van der Waals surface area contributed by atoms with Crippen LogP contribution in [-0.2, 0) is 13.2 Å². The lowest BCUT2D eigenvalue weighted by Crippen LogP contribution is -2.04. The molecule has 0 unspecified atom stereocenters. The van der Waals surface area contributed by atoms with Gasteiger partial charge in [-0.05, 0) is 47.3 Å². The first kappa shape index (κ1) is 18.7. The van der Waals surface area contributed by atoms with Crippen molar-refractivity contribution in [1.29, 1.82) is 0 Å². The Hall–Kier alpha value is -2.68. The molecule has 0 bridgehead atoms. The van der Waals surface area contributed by atoms with Crippen molar-refractivity contribution in [3.8, 4) is 5.75 Å². The predicted octanol–water partition coefficient (Wildman–Crippen LogP) is 7.34. The summed E-state index contributed by atoms with van der Waals surface area (Å²) in [6.45, 7) is 1.09. The van der Waals surface area contributed by atoms with E-state index >= 15 is 0 Å². The lowest BCUT2D eigenvalue weighted by atomic mass is 10.1. The van der Waals surface area contributed by atoms with Crippen LogP contribution >= 0.6 is 23.2 Å². The van der Waals surface area contributed by atoms with Crippen LogP contribution in [0.25, 0.3) is 10.8 Å². The highest BCUT2D eigenvalue weighted by Crippen LogP contribution is 2.27. The van der Waals surface area contributed by atoms with E-state index in [1.165, 1.54) is 10.8 Å². The van der Waals surface area contributed by atoms with Gasteiger partial charge in [0, 0.05) is 33.2 Å². The van der Waals surface area contributed by atoms with E-state index in [1.807, 2.05) is 54.6 Å². The molecule has 0 atom stereocenters. The standard InChI is InChI=1S/C24H19Cl2NO/c25-20-10-8-17(9-11-20)16-28-24-13-12-21(26)14-19(24)15-27-23-7-3-5-18-4-1-2-6-22(18)23/h1-14,27H,15-16H2. The van der Waals surface area contributed by atoms with E-state index in [2.05, 4.69) is 35.6 Å². The third-order valence-corrected chi connectivity index (χ3v) is 5.08. The third kappa shape index (κ3) is 4.41. The number of nitrogens with one attached hydrogen (secondary N) is 1. The zero-order valence-corrected chi connectivity index (χ0v) is 16.7. The number of halogens is 2. The minimum atomic E-state index is 0.472. The predicted molar refractivity (Wildman–Crippen MR) is 119 cm³/mol. The van der Waals surface area contributed by atoms with Crippen molar-refractivity contribution >= 4 is 39.7 Å². The van der Waals surface area contributed by atoms with Gasteiger partial charge in [0.25, 0.3) is 0 Å². The molecular weight excluding hydrogens is 389 g/mol. The van der Waals surface area contributed by atoms with Crippen LogP contribution in [0.2, 0.25) is 10.0 Å². The Labute approximate surface area is 174 Å². The fourth-order valence-electron chi connectivity index (χ4n) is 3.14. The van der Waals surface area contributed by atoms with Gasteiger partial charge in [0.1, 0.15) is 12.4 Å². The first-order chi connectivity index (χ1) is 13.7. The van der Waals surface area contributed by atoms with Crippen molar-refractivity contribution in [2.24, 2.45) is 0 Å². The third-order valence-electron chi connectivity index (χ3n) is 4.59. The van der Waals surface area contributed by atoms with Crippen molar-refractivity contribution in [1.82, 2.24) is 0 Å². The molecule has 28 heavy (non-hydrogen) atoms. The highest BCUT2D eigenvalue weighted by molar-refractivity contribution is 6.30. The number of hydrogen-bond acceptors (Lipinski definition) is 2. The van der Waals surface area contributed by atoms with Crippen LogP contribution in [0.3, 0.4) is 0 Å². The summed E-state index contributed by atoms with van der Waals surface area (Å²) >= 11 is 12.2. The fraction of sp³-hybridized carbons (Fsp3) is 0.0833. The summed E-state index contributed by atoms with van der Waals surface area (Å²) in [5.41, 5.74) is 3.16. The Morgan fingerprint density at radius 2 is 1.50 bits per heavy atom. The largest absolute Gasteiger partial charge is 0.489 e. The molecule has 0 aliphatic carbocycles. The van der Waals surface area contributed by atoms with Crippen molar-refractivity contribution < 1.29 is 4.74 Å². The molecule has 0 heterocycles. The summed E-state index contributed by atoms with van der Waals surface area (Å²) in [7, 11) is 0. The number of benzene rings is 4. The van der Waals surface area contributed by atoms with E-state index in [0.717, 1.165) is 27.6 Å². The quantitative estimate of drug-likeness (QED) is 0.360. The Kier molecular flexibility index (Phi) is 5.70. The summed E-state index contributed by atoms with van der Waals surface area (Å²) < 4.78 is 6.05. The number of fused-ring (bicyclic) bond motifs is 1. The molecule has 140 valence electrons. The number of ether oxygens (including phenoxy) is 1. The molecule has 0 radical (unpaired) electrons. The summed E-state index contributed by atoms with van der Waals surface area (Å²) in [6, 6.07) is 27.9. The highest BCUT2D eigenvalue weighted by atomic mass is 35.5. The second-order valence-electron chi connectivity index (χ2n) is 6.55. The molecule has 0 aliphatic heterocycles. The SMILES string of the molecule is Clc1ccc(COc2ccc(Cl)cc2CNc2cccc3ccccc23)cc1. The Morgan fingerprint density at radius 1 is 0.750 bits per heavy atom. The molecule has 1 N–H and O–H groups in total. The Balaban J connectivity index is 1.52. The molecule has 0 spiro atoms. The lowest BCUT2D eigenvalue weighted by Gasteiger charge is -2.15. The first-order valence-electron chi connectivity index (χ1n) is 9.06. The zero-order valence-electron chi connectivity index (χ0n) is 15.2. The molecule has 0 saturated carbocycles. The molecule has 0 fully saturated rings. The smallest absolute Gasteiger partial charge is 0.124 e. The molecule has 4 aromatic carbocycles. The van der Waals surface area contributed by atoms with Gasteiger partial charge in [-0.1, -0.05) is 71.7 Å². The van der Waals surface area contributed by atoms with Crippen LogP contribution < -0.4 is 10.1 Å². The zero-order chi connectivity index (χ0) is 19.3. The van der Waals surface area contributed by atoms with Crippen molar-refractivity contribution in [2.45, 2.75) is 13.2 Å². The van der Waals surface area contributed by atoms with Gasteiger partial charge < -0.3 is 10.1 Å². The number of hydrogen-bond donors (Lipinski definition) is 1. The second kappa shape index (κ2) is 8.55. The molecule has 4 heteroatoms. The molecule has 4 rings (SSSR count). The monoisotopic (exact) mass is 407 g/mol. The summed E-state index contributed by atoms with van der Waals surface area (Å²) in [5.74, 6) is 0.812. The Bertz CT molecular complexity index is 1090. The van der Waals surface area contributed by atoms with Gasteiger partial charge in [0.15, 0.2) is 0 Å². The van der Waals surface area contributed by atoms with Crippen LogP contribution in [0.4, 0.5) is 5.69 Å². The van der Waals surface area contributed by atoms with E-state index in [-0.39, 0.29) is 0 Å². The average molecular weight is 408 g/mol. The van der Waals surface area contributed by atoms with Gasteiger partial charge in [-0.25, -0.2) is 0 Å². The molecular formula is C24H19Cl2NO.